The van der Waals surface area contributed by atoms with Gasteiger partial charge in [-0.15, -0.1) is 0 Å². The second-order valence-corrected chi connectivity index (χ2v) is 2.71. The van der Waals surface area contributed by atoms with Gasteiger partial charge in [0.25, 0.3) is 0 Å². The molecule has 0 aromatic rings. The fraction of sp³-hybridized carbons (Fsp3) is 0.857. The van der Waals surface area contributed by atoms with Crippen molar-refractivity contribution in [3.05, 3.63) is 0 Å². The topological polar surface area (TPSA) is 46.5 Å². The van der Waals surface area contributed by atoms with Crippen LogP contribution in [0.3, 0.4) is 0 Å². The predicted molar refractivity (Wildman–Crippen MR) is 37.7 cm³/mol. The van der Waals surface area contributed by atoms with E-state index < -0.39 is 5.41 Å². The fourth-order valence-corrected chi connectivity index (χ4v) is 0.577. The fourth-order valence-electron chi connectivity index (χ4n) is 0.577. The third-order valence-electron chi connectivity index (χ3n) is 1.66. The summed E-state index contributed by atoms with van der Waals surface area (Å²) in [7, 11) is 1.51. The molecule has 0 aliphatic heterocycles. The van der Waals surface area contributed by atoms with Crippen LogP contribution in [0.2, 0.25) is 0 Å². The lowest BCUT2D eigenvalue weighted by atomic mass is 9.89. The van der Waals surface area contributed by atoms with Gasteiger partial charge in [-0.05, 0) is 13.8 Å². The number of aliphatic hydroxyl groups is 1. The smallest absolute Gasteiger partial charge is 0.140 e. The maximum atomic E-state index is 10.8. The summed E-state index contributed by atoms with van der Waals surface area (Å²) in [5.41, 5.74) is -0.714. The number of ether oxygens (including phenoxy) is 1. The summed E-state index contributed by atoms with van der Waals surface area (Å²) in [6, 6.07) is 0. The Kier molecular flexibility index (Phi) is 3.53. The quantitative estimate of drug-likeness (QED) is 0.617. The van der Waals surface area contributed by atoms with Crippen molar-refractivity contribution in [2.24, 2.45) is 5.41 Å². The number of hydrogen-bond acceptors (Lipinski definition) is 3. The van der Waals surface area contributed by atoms with E-state index in [0.29, 0.717) is 0 Å². The van der Waals surface area contributed by atoms with E-state index >= 15 is 0 Å². The van der Waals surface area contributed by atoms with Crippen molar-refractivity contribution in [3.63, 3.8) is 0 Å². The standard InChI is InChI=1S/C7H14O3/c1-6(9)7(2,4-8)5-10-3/h8H,4-5H2,1-3H3. The van der Waals surface area contributed by atoms with Gasteiger partial charge in [0.05, 0.1) is 18.6 Å². The minimum absolute atomic E-state index is 0.0446. The van der Waals surface area contributed by atoms with E-state index in [4.69, 9.17) is 9.84 Å². The molecule has 0 spiro atoms. The molecule has 10 heavy (non-hydrogen) atoms. The average molecular weight is 146 g/mol. The highest BCUT2D eigenvalue weighted by Gasteiger charge is 2.28. The zero-order valence-electron chi connectivity index (χ0n) is 6.68. The highest BCUT2D eigenvalue weighted by molar-refractivity contribution is 5.82. The van der Waals surface area contributed by atoms with Gasteiger partial charge in [0.1, 0.15) is 5.78 Å². The van der Waals surface area contributed by atoms with Gasteiger partial charge >= 0.3 is 0 Å². The van der Waals surface area contributed by atoms with Crippen molar-refractivity contribution in [2.75, 3.05) is 20.3 Å². The summed E-state index contributed by atoms with van der Waals surface area (Å²) in [6.45, 7) is 3.25. The number of carbonyl (C=O) groups is 1. The van der Waals surface area contributed by atoms with E-state index in [2.05, 4.69) is 0 Å². The normalized spacial score (nSPS) is 16.4. The second-order valence-electron chi connectivity index (χ2n) is 2.71. The second kappa shape index (κ2) is 3.68. The molecule has 0 fully saturated rings. The summed E-state index contributed by atoms with van der Waals surface area (Å²) < 4.78 is 4.78. The summed E-state index contributed by atoms with van der Waals surface area (Å²) in [4.78, 5) is 10.8. The lowest BCUT2D eigenvalue weighted by Crippen LogP contribution is -2.34. The Balaban J connectivity index is 4.08. The Morgan fingerprint density at radius 2 is 2.20 bits per heavy atom. The minimum Gasteiger partial charge on any atom is -0.395 e. The largest absolute Gasteiger partial charge is 0.395 e. The molecule has 0 aromatic carbocycles. The molecule has 0 amide bonds. The molecular formula is C7H14O3. The average Bonchev–Trinajstić information content (AvgIpc) is 1.88. The summed E-state index contributed by atoms with van der Waals surface area (Å²) >= 11 is 0. The lowest BCUT2D eigenvalue weighted by Gasteiger charge is -2.22. The molecule has 60 valence electrons. The molecule has 0 heterocycles. The van der Waals surface area contributed by atoms with E-state index in [0.717, 1.165) is 0 Å². The van der Waals surface area contributed by atoms with Crippen molar-refractivity contribution in [1.82, 2.24) is 0 Å². The van der Waals surface area contributed by atoms with E-state index in [1.54, 1.807) is 6.92 Å². The number of aliphatic hydroxyl groups excluding tert-OH is 1. The molecule has 0 radical (unpaired) electrons. The van der Waals surface area contributed by atoms with Crippen LogP contribution in [0.5, 0.6) is 0 Å². The first-order valence-electron chi connectivity index (χ1n) is 3.17. The zero-order valence-corrected chi connectivity index (χ0v) is 6.68. The third-order valence-corrected chi connectivity index (χ3v) is 1.66. The van der Waals surface area contributed by atoms with Gasteiger partial charge in [-0.2, -0.15) is 0 Å². The first kappa shape index (κ1) is 9.59. The molecule has 0 bridgehead atoms. The van der Waals surface area contributed by atoms with Gasteiger partial charge in [0, 0.05) is 7.11 Å². The van der Waals surface area contributed by atoms with E-state index in [9.17, 15) is 4.79 Å². The number of carbonyl (C=O) groups excluding carboxylic acids is 1. The van der Waals surface area contributed by atoms with E-state index in [-0.39, 0.29) is 19.0 Å². The predicted octanol–water partition coefficient (Wildman–Crippen LogP) is 0.220. The summed E-state index contributed by atoms with van der Waals surface area (Å²) in [6.07, 6.45) is 0. The van der Waals surface area contributed by atoms with Crippen molar-refractivity contribution in [3.8, 4) is 0 Å². The van der Waals surface area contributed by atoms with Gasteiger partial charge < -0.3 is 9.84 Å². The Hall–Kier alpha value is -0.410. The monoisotopic (exact) mass is 146 g/mol. The molecule has 0 aromatic heterocycles. The van der Waals surface area contributed by atoms with Crippen molar-refractivity contribution in [1.29, 1.82) is 0 Å². The van der Waals surface area contributed by atoms with Gasteiger partial charge in [0.2, 0.25) is 0 Å². The van der Waals surface area contributed by atoms with Crippen LogP contribution in [-0.2, 0) is 9.53 Å². The van der Waals surface area contributed by atoms with Crippen LogP contribution in [-0.4, -0.2) is 31.2 Å². The molecule has 1 atom stereocenters. The van der Waals surface area contributed by atoms with Crippen LogP contribution >= 0.6 is 0 Å². The third kappa shape index (κ3) is 2.08. The van der Waals surface area contributed by atoms with Crippen LogP contribution in [0.25, 0.3) is 0 Å². The molecule has 3 nitrogen and oxygen atoms in total. The summed E-state index contributed by atoms with van der Waals surface area (Å²) in [5, 5.41) is 8.79. The number of ketones is 1. The van der Waals surface area contributed by atoms with Crippen molar-refractivity contribution >= 4 is 5.78 Å². The number of hydrogen-bond donors (Lipinski definition) is 1. The first-order chi connectivity index (χ1) is 4.56. The van der Waals surface area contributed by atoms with Crippen LogP contribution in [0.15, 0.2) is 0 Å². The SMILES string of the molecule is COCC(C)(CO)C(C)=O. The van der Waals surface area contributed by atoms with Crippen LogP contribution < -0.4 is 0 Å². The maximum Gasteiger partial charge on any atom is 0.140 e. The molecule has 0 saturated carbocycles. The highest BCUT2D eigenvalue weighted by Crippen LogP contribution is 2.16. The molecule has 0 aliphatic rings. The lowest BCUT2D eigenvalue weighted by molar-refractivity contribution is -0.131. The van der Waals surface area contributed by atoms with Gasteiger partial charge in [-0.3, -0.25) is 4.79 Å². The van der Waals surface area contributed by atoms with Gasteiger partial charge in [-0.25, -0.2) is 0 Å². The van der Waals surface area contributed by atoms with Crippen LogP contribution in [0, 0.1) is 5.41 Å². The zero-order chi connectivity index (χ0) is 8.20. The molecule has 0 rings (SSSR count). The maximum absolute atomic E-state index is 10.8. The van der Waals surface area contributed by atoms with Crippen molar-refractivity contribution in [2.45, 2.75) is 13.8 Å². The summed E-state index contributed by atoms with van der Waals surface area (Å²) in [5.74, 6) is -0.0446. The Morgan fingerprint density at radius 3 is 2.30 bits per heavy atom. The molecular weight excluding hydrogens is 132 g/mol. The highest BCUT2D eigenvalue weighted by atomic mass is 16.5. The minimum atomic E-state index is -0.714. The van der Waals surface area contributed by atoms with E-state index in [1.165, 1.54) is 14.0 Å². The molecule has 0 aliphatic carbocycles. The molecule has 3 heteroatoms. The Morgan fingerprint density at radius 1 is 1.70 bits per heavy atom. The van der Waals surface area contributed by atoms with Gasteiger partial charge in [-0.1, -0.05) is 0 Å². The Labute approximate surface area is 61.0 Å². The molecule has 0 saturated heterocycles. The number of Topliss-reactive ketones (excluding diaryl/α,β-unsaturated/α-hetero) is 1. The molecule has 1 unspecified atom stereocenters. The van der Waals surface area contributed by atoms with Crippen LogP contribution in [0.4, 0.5) is 0 Å². The number of methoxy groups -OCH3 is 1. The molecule has 1 N–H and O–H groups in total. The first-order valence-corrected chi connectivity index (χ1v) is 3.17. The Bertz CT molecular complexity index is 122. The van der Waals surface area contributed by atoms with Crippen molar-refractivity contribution < 1.29 is 14.6 Å². The van der Waals surface area contributed by atoms with E-state index in [1.807, 2.05) is 0 Å². The van der Waals surface area contributed by atoms with Crippen LogP contribution in [0.1, 0.15) is 13.8 Å². The number of rotatable bonds is 4. The van der Waals surface area contributed by atoms with Gasteiger partial charge in [0.15, 0.2) is 0 Å².